The van der Waals surface area contributed by atoms with Gasteiger partial charge in [-0.05, 0) is 254 Å². The third kappa shape index (κ3) is 18.8. The third-order valence-electron chi connectivity index (χ3n) is 42.1. The van der Waals surface area contributed by atoms with Gasteiger partial charge in [-0.2, -0.15) is 0 Å². The largest absolute Gasteiger partial charge is 0.294 e. The number of hydrogen-bond donors (Lipinski definition) is 0. The zero-order valence-corrected chi connectivity index (χ0v) is 78.9. The molecule has 0 bridgehead atoms. The highest BCUT2D eigenvalue weighted by atomic mass is 15.4. The van der Waals surface area contributed by atoms with E-state index < -0.39 is 0 Å². The number of nitrogens with zero attached hydrogens (tertiary/aromatic N) is 8. The standard InChI is InChI=1S/C112H194N8/c1-17-49-83(50-18-1)113(84-51-19-2-20-52-84)99-81-100(114(85-53-21-3-22-54-85)86-55-23-4-24-56-86)104-107-103(99)109(117(91-65-33-9-34-66-91)92-67-35-10-36-68-92)110(118(93-69-37-11-38-70-93)94-71-39-12-40-72-94)105-101(115(87-57-25-5-26-58-87)88-59-27-6-28-60-88)82-102(116(89-61-29-7-30-62-89)90-63-31-8-32-64-90)106(108(105)107)112(120(97-77-45-15-46-78-97)98-79-47-16-48-80-98)111(104)119(95-73-41-13-42-74-95)96-75-43-14-44-76-96/h83-112H,1-82H2. The monoisotopic (exact) mass is 1650 g/mol. The molecule has 12 unspecified atom stereocenters. The number of hydrogen-bond acceptors (Lipinski definition) is 8. The second-order valence-corrected chi connectivity index (χ2v) is 48.4. The van der Waals surface area contributed by atoms with Gasteiger partial charge < -0.3 is 0 Å². The Bertz CT molecular complexity index is 2400. The molecule has 0 amide bonds. The average molecular weight is 1650 g/mol. The highest BCUT2D eigenvalue weighted by molar-refractivity contribution is 5.29. The molecule has 0 aromatic rings. The summed E-state index contributed by atoms with van der Waals surface area (Å²) < 4.78 is 0. The van der Waals surface area contributed by atoms with Crippen LogP contribution in [0.3, 0.4) is 0 Å². The fourth-order valence-electron chi connectivity index (χ4n) is 37.8. The quantitative estimate of drug-likeness (QED) is 0.0943. The Morgan fingerprint density at radius 3 is 0.283 bits per heavy atom. The maximum absolute atomic E-state index is 4.00. The molecule has 12 atom stereocenters. The highest BCUT2D eigenvalue weighted by Gasteiger charge is 2.76. The van der Waals surface area contributed by atoms with Crippen molar-refractivity contribution in [3.8, 4) is 0 Å². The zero-order valence-electron chi connectivity index (χ0n) is 78.9. The molecule has 120 heavy (non-hydrogen) atoms. The molecule has 0 N–H and O–H groups in total. The van der Waals surface area contributed by atoms with E-state index in [1.165, 1.54) is 514 Å². The van der Waals surface area contributed by atoms with E-state index in [2.05, 4.69) is 39.2 Å². The average Bonchev–Trinajstić information content (AvgIpc) is 0.663. The van der Waals surface area contributed by atoms with Crippen LogP contribution in [0.5, 0.6) is 0 Å². The molecule has 8 nitrogen and oxygen atoms in total. The topological polar surface area (TPSA) is 25.9 Å². The SMILES string of the molecule is C1CCC(N(C2CCCCC2)C2CC(N(C3CCCCC3)C3CCCCC3)C3C4C5C(C(N(C6CCCCC6)C6CCCCC6)CC(N(C6CCCCC6)C6CCCCC6)C5C(N(C5CCCCC5)C5CCCCC5)C3N(C3CCCCC3)C3CCCCC3)C(N(C3CCCCC3)C3CCCCC3)C(N(C3CCCCC3)C3CCCCC3)C42)CC1. The molecule has 682 valence electrons. The van der Waals surface area contributed by atoms with E-state index in [1.54, 1.807) is 12.8 Å². The second kappa shape index (κ2) is 42.9. The lowest BCUT2D eigenvalue weighted by Crippen LogP contribution is -2.86. The van der Waals surface area contributed by atoms with E-state index in [0.717, 1.165) is 132 Å². The molecule has 0 aromatic carbocycles. The third-order valence-corrected chi connectivity index (χ3v) is 42.1. The Morgan fingerprint density at radius 2 is 0.183 bits per heavy atom. The lowest BCUT2D eigenvalue weighted by atomic mass is 9.39. The van der Waals surface area contributed by atoms with Gasteiger partial charge in [-0.25, -0.2) is 0 Å². The molecule has 20 fully saturated rings. The van der Waals surface area contributed by atoms with Gasteiger partial charge in [0, 0.05) is 145 Å². The van der Waals surface area contributed by atoms with Gasteiger partial charge in [0.15, 0.2) is 0 Å². The van der Waals surface area contributed by atoms with E-state index in [4.69, 9.17) is 0 Å². The van der Waals surface area contributed by atoms with Crippen LogP contribution in [0, 0.1) is 35.5 Å². The molecule has 0 spiro atoms. The van der Waals surface area contributed by atoms with Crippen molar-refractivity contribution < 1.29 is 0 Å². The molecule has 0 aromatic heterocycles. The van der Waals surface area contributed by atoms with Crippen LogP contribution in [0.1, 0.15) is 527 Å². The summed E-state index contributed by atoms with van der Waals surface area (Å²) in [6.07, 6.45) is 125. The molecule has 20 saturated carbocycles. The minimum Gasteiger partial charge on any atom is -0.294 e. The van der Waals surface area contributed by atoms with Crippen molar-refractivity contribution in [2.75, 3.05) is 0 Å². The maximum atomic E-state index is 4.00. The van der Waals surface area contributed by atoms with Crippen molar-refractivity contribution in [3.63, 3.8) is 0 Å². The first-order valence-electron chi connectivity index (χ1n) is 57.9. The Morgan fingerprint density at radius 1 is 0.0917 bits per heavy atom. The van der Waals surface area contributed by atoms with Crippen LogP contribution < -0.4 is 0 Å². The van der Waals surface area contributed by atoms with E-state index in [1.807, 2.05) is 0 Å². The zero-order chi connectivity index (χ0) is 79.9. The number of rotatable bonds is 24. The van der Waals surface area contributed by atoms with Crippen LogP contribution in [-0.2, 0) is 0 Å². The van der Waals surface area contributed by atoms with Crippen LogP contribution >= 0.6 is 0 Å². The van der Waals surface area contributed by atoms with Crippen LogP contribution in [0.25, 0.3) is 0 Å². The van der Waals surface area contributed by atoms with E-state index in [9.17, 15) is 0 Å². The lowest BCUT2D eigenvalue weighted by molar-refractivity contribution is -0.279. The Labute approximate surface area is 741 Å². The Balaban J connectivity index is 0.962. The smallest absolute Gasteiger partial charge is 0.0307 e. The minimum atomic E-state index is 0.669. The molecule has 0 radical (unpaired) electrons. The first-order valence-corrected chi connectivity index (χ1v) is 57.9. The molecule has 20 rings (SSSR count). The van der Waals surface area contributed by atoms with Crippen molar-refractivity contribution in [3.05, 3.63) is 0 Å². The molecule has 0 saturated heterocycles. The summed E-state index contributed by atoms with van der Waals surface area (Å²) >= 11 is 0. The molecule has 20 aliphatic rings. The molecular weight excluding hydrogens is 1460 g/mol. The van der Waals surface area contributed by atoms with Crippen molar-refractivity contribution in [1.29, 1.82) is 0 Å². The van der Waals surface area contributed by atoms with E-state index in [0.29, 0.717) is 48.3 Å². The molecule has 20 aliphatic carbocycles. The summed E-state index contributed by atoms with van der Waals surface area (Å²) in [4.78, 5) is 31.7. The summed E-state index contributed by atoms with van der Waals surface area (Å²) in [5.74, 6) is 4.55. The predicted molar refractivity (Wildman–Crippen MR) is 505 cm³/mol. The van der Waals surface area contributed by atoms with Gasteiger partial charge in [0.2, 0.25) is 0 Å². The van der Waals surface area contributed by atoms with Crippen LogP contribution in [0.15, 0.2) is 0 Å². The van der Waals surface area contributed by atoms with E-state index >= 15 is 0 Å². The van der Waals surface area contributed by atoms with Gasteiger partial charge in [0.1, 0.15) is 0 Å². The second-order valence-electron chi connectivity index (χ2n) is 48.4. The molecule has 0 heterocycles. The van der Waals surface area contributed by atoms with Crippen molar-refractivity contribution in [2.24, 2.45) is 35.5 Å². The highest BCUT2D eigenvalue weighted by Crippen LogP contribution is 2.70. The first kappa shape index (κ1) is 87.6. The fraction of sp³-hybridized carbons (Fsp3) is 1.00. The molecule has 8 heteroatoms. The maximum Gasteiger partial charge on any atom is 0.0307 e. The van der Waals surface area contributed by atoms with E-state index in [-0.39, 0.29) is 0 Å². The van der Waals surface area contributed by atoms with Gasteiger partial charge in [0.25, 0.3) is 0 Å². The van der Waals surface area contributed by atoms with Crippen LogP contribution in [0.4, 0.5) is 0 Å². The normalized spacial score (nSPS) is 38.0. The summed E-state index contributed by atoms with van der Waals surface area (Å²) in [5.41, 5.74) is 0. The van der Waals surface area contributed by atoms with Crippen molar-refractivity contribution in [1.82, 2.24) is 39.2 Å². The minimum absolute atomic E-state index is 0.669. The predicted octanol–water partition coefficient (Wildman–Crippen LogP) is 28.2. The van der Waals surface area contributed by atoms with Crippen molar-refractivity contribution >= 4 is 0 Å². The summed E-state index contributed by atoms with van der Waals surface area (Å²) in [5, 5.41) is 0. The van der Waals surface area contributed by atoms with Crippen LogP contribution in [0.2, 0.25) is 0 Å². The fourth-order valence-corrected chi connectivity index (χ4v) is 37.8. The summed E-state index contributed by atoms with van der Waals surface area (Å²) in [6, 6.07) is 17.9. The van der Waals surface area contributed by atoms with Gasteiger partial charge in [0.05, 0.1) is 0 Å². The Hall–Kier alpha value is -0.320. The lowest BCUT2D eigenvalue weighted by Gasteiger charge is -2.78. The van der Waals surface area contributed by atoms with Gasteiger partial charge in [-0.15, -0.1) is 0 Å². The van der Waals surface area contributed by atoms with Gasteiger partial charge in [-0.1, -0.05) is 308 Å². The molecular formula is C112H194N8. The molecule has 0 aliphatic heterocycles. The summed E-state index contributed by atoms with van der Waals surface area (Å²) in [7, 11) is 0. The first-order chi connectivity index (χ1) is 59.7. The van der Waals surface area contributed by atoms with Crippen LogP contribution in [-0.4, -0.2) is 184 Å². The van der Waals surface area contributed by atoms with Gasteiger partial charge >= 0.3 is 0 Å². The van der Waals surface area contributed by atoms with Gasteiger partial charge in [-0.3, -0.25) is 39.2 Å². The Kier molecular flexibility index (Phi) is 31.4. The summed E-state index contributed by atoms with van der Waals surface area (Å²) in [6.45, 7) is 0. The van der Waals surface area contributed by atoms with Crippen molar-refractivity contribution in [2.45, 2.75) is 672 Å².